The van der Waals surface area contributed by atoms with E-state index in [1.807, 2.05) is 0 Å². The van der Waals surface area contributed by atoms with E-state index in [1.54, 1.807) is 0 Å². The van der Waals surface area contributed by atoms with Crippen molar-refractivity contribution in [1.29, 1.82) is 0 Å². The van der Waals surface area contributed by atoms with E-state index in [2.05, 4.69) is 233 Å². The highest BCUT2D eigenvalue weighted by Gasteiger charge is 2.27. The Kier molecular flexibility index (Phi) is 10.6. The molecule has 0 atom stereocenters. The van der Waals surface area contributed by atoms with Crippen molar-refractivity contribution in [3.8, 4) is 0 Å². The Labute approximate surface area is 413 Å². The van der Waals surface area contributed by atoms with E-state index in [0.717, 1.165) is 92.9 Å². The van der Waals surface area contributed by atoms with Gasteiger partial charge in [-0.25, -0.2) is 0 Å². The van der Waals surface area contributed by atoms with Crippen molar-refractivity contribution in [1.82, 2.24) is 0 Å². The molecule has 0 unspecified atom stereocenters. The molecule has 0 aliphatic carbocycles. The molecule has 0 amide bonds. The van der Waals surface area contributed by atoms with E-state index in [4.69, 9.17) is 8.83 Å². The summed E-state index contributed by atoms with van der Waals surface area (Å²) >= 11 is 0. The van der Waals surface area contributed by atoms with Crippen LogP contribution in [-0.4, -0.2) is 16.1 Å². The molecule has 2 heterocycles. The van der Waals surface area contributed by atoms with Crippen molar-refractivity contribution in [3.05, 3.63) is 181 Å². The SMILES string of the molecule is CCCc1cccc2c1oc1c(N(c3ccc([Si](C)(C)C)cc3)c3ccc4ccc5c(N(c6ccc([Si](C)(C)C)cc6)c6cccc7c6oc6c(CCC)cccc67)ccc6ccc3c4c65)cccc12. The van der Waals surface area contributed by atoms with Crippen LogP contribution in [0.2, 0.25) is 39.3 Å². The Bertz CT molecular complexity index is 3690. The Balaban J connectivity index is 1.12. The first-order valence-electron chi connectivity index (χ1n) is 25.3. The Morgan fingerprint density at radius 1 is 0.343 bits per heavy atom. The number of fused-ring (bicyclic) bond motifs is 6. The smallest absolute Gasteiger partial charge is 0.159 e. The monoisotopic (exact) mass is 944 g/mol. The number of anilines is 6. The van der Waals surface area contributed by atoms with Crippen molar-refractivity contribution in [2.45, 2.75) is 78.8 Å². The number of furan rings is 2. The lowest BCUT2D eigenvalue weighted by molar-refractivity contribution is 0.661. The molecule has 346 valence electrons. The molecule has 0 spiro atoms. The van der Waals surface area contributed by atoms with Crippen LogP contribution in [0.1, 0.15) is 37.8 Å². The number of aryl methyl sites for hydroxylation is 2. The van der Waals surface area contributed by atoms with E-state index in [9.17, 15) is 0 Å². The lowest BCUT2D eigenvalue weighted by Crippen LogP contribution is -2.37. The van der Waals surface area contributed by atoms with Gasteiger partial charge in [0, 0.05) is 43.7 Å². The average Bonchev–Trinajstić information content (AvgIpc) is 3.95. The van der Waals surface area contributed by atoms with E-state index in [-0.39, 0.29) is 0 Å². The minimum absolute atomic E-state index is 0.903. The molecule has 2 aromatic heterocycles. The molecule has 0 radical (unpaired) electrons. The molecule has 12 rings (SSSR count). The third-order valence-corrected chi connectivity index (χ3v) is 18.9. The Morgan fingerprint density at radius 3 is 1.07 bits per heavy atom. The number of rotatable bonds is 12. The number of nitrogens with zero attached hydrogens (tertiary/aromatic N) is 2. The zero-order valence-electron chi connectivity index (χ0n) is 41.7. The molecule has 12 aromatic rings. The summed E-state index contributed by atoms with van der Waals surface area (Å²) < 4.78 is 14.1. The largest absolute Gasteiger partial charge is 0.454 e. The molecule has 0 N–H and O–H groups in total. The van der Waals surface area contributed by atoms with Crippen LogP contribution in [0.3, 0.4) is 0 Å². The van der Waals surface area contributed by atoms with Crippen LogP contribution < -0.4 is 20.2 Å². The standard InChI is InChI=1S/C64H60N2O2Si2/c1-9-15-43-17-11-19-49-51-21-13-23-57(63(51)67-61(43)49)65(45-29-33-47(34-30-45)69(3,4)5)55-39-27-41-26-38-54-56(40-28-42-25-37-53(55)59(41)60(42)54)66(46-31-35-48(36-32-46)70(6,7)8)58-24-14-22-52-50-20-12-18-44(16-10-2)62(50)68-64(52)58/h11-14,17-40H,9-10,15-16H2,1-8H3. The van der Waals surface area contributed by atoms with Crippen LogP contribution in [-0.2, 0) is 12.8 Å². The molecule has 0 fully saturated rings. The molecule has 0 bridgehead atoms. The molecular formula is C64H60N2O2Si2. The van der Waals surface area contributed by atoms with Gasteiger partial charge in [0.15, 0.2) is 11.2 Å². The van der Waals surface area contributed by atoms with Gasteiger partial charge in [0.1, 0.15) is 11.2 Å². The van der Waals surface area contributed by atoms with Crippen molar-refractivity contribution >= 4 is 137 Å². The number of hydrogen-bond donors (Lipinski definition) is 0. The van der Waals surface area contributed by atoms with Gasteiger partial charge < -0.3 is 18.6 Å². The van der Waals surface area contributed by atoms with Crippen molar-refractivity contribution in [2.24, 2.45) is 0 Å². The summed E-state index contributed by atoms with van der Waals surface area (Å²) in [5.41, 5.74) is 12.8. The van der Waals surface area contributed by atoms with Crippen LogP contribution in [0.5, 0.6) is 0 Å². The molecule has 6 heteroatoms. The van der Waals surface area contributed by atoms with Crippen LogP contribution >= 0.6 is 0 Å². The highest BCUT2D eigenvalue weighted by atomic mass is 28.3. The van der Waals surface area contributed by atoms with Gasteiger partial charge >= 0.3 is 0 Å². The maximum absolute atomic E-state index is 7.07. The average molecular weight is 945 g/mol. The third kappa shape index (κ3) is 7.14. The van der Waals surface area contributed by atoms with Gasteiger partial charge in [0.2, 0.25) is 0 Å². The fourth-order valence-electron chi connectivity index (χ4n) is 11.2. The fourth-order valence-corrected chi connectivity index (χ4v) is 13.5. The second-order valence-corrected chi connectivity index (χ2v) is 31.6. The normalized spacial score (nSPS) is 12.5. The molecular weight excluding hydrogens is 885 g/mol. The summed E-state index contributed by atoms with van der Waals surface area (Å²) in [6.07, 6.45) is 4.06. The minimum Gasteiger partial charge on any atom is -0.454 e. The first-order valence-corrected chi connectivity index (χ1v) is 32.3. The zero-order chi connectivity index (χ0) is 48.1. The summed E-state index contributed by atoms with van der Waals surface area (Å²) in [6.45, 7) is 19.0. The van der Waals surface area contributed by atoms with Crippen LogP contribution in [0.15, 0.2) is 179 Å². The highest BCUT2D eigenvalue weighted by molar-refractivity contribution is 6.89. The van der Waals surface area contributed by atoms with Gasteiger partial charge in [-0.1, -0.05) is 198 Å². The van der Waals surface area contributed by atoms with E-state index >= 15 is 0 Å². The second-order valence-electron chi connectivity index (χ2n) is 21.5. The maximum Gasteiger partial charge on any atom is 0.159 e. The van der Waals surface area contributed by atoms with Crippen LogP contribution in [0.25, 0.3) is 76.2 Å². The van der Waals surface area contributed by atoms with Crippen LogP contribution in [0, 0.1) is 0 Å². The molecule has 0 saturated carbocycles. The summed E-state index contributed by atoms with van der Waals surface area (Å²) in [5, 5.41) is 14.8. The van der Waals surface area contributed by atoms with Crippen molar-refractivity contribution in [2.75, 3.05) is 9.80 Å². The quantitative estimate of drug-likeness (QED) is 0.0902. The lowest BCUT2D eigenvalue weighted by atomic mass is 9.91. The molecule has 70 heavy (non-hydrogen) atoms. The predicted octanol–water partition coefficient (Wildman–Crippen LogP) is 18.3. The fraction of sp³-hybridized carbons (Fsp3) is 0.188. The highest BCUT2D eigenvalue weighted by Crippen LogP contribution is 2.50. The summed E-state index contributed by atoms with van der Waals surface area (Å²) in [6, 6.07) is 63.9. The third-order valence-electron chi connectivity index (χ3n) is 14.8. The molecule has 0 aliphatic heterocycles. The summed E-state index contributed by atoms with van der Waals surface area (Å²) in [7, 11) is -3.14. The molecule has 10 aromatic carbocycles. The van der Waals surface area contributed by atoms with E-state index in [1.165, 1.54) is 64.6 Å². The van der Waals surface area contributed by atoms with Crippen LogP contribution in [0.4, 0.5) is 34.1 Å². The Hall–Kier alpha value is -7.13. The molecule has 0 aliphatic rings. The number of benzene rings is 10. The maximum atomic E-state index is 7.07. The number of hydrogen-bond acceptors (Lipinski definition) is 4. The number of para-hydroxylation sites is 4. The topological polar surface area (TPSA) is 32.8 Å². The van der Waals surface area contributed by atoms with Crippen molar-refractivity contribution < 1.29 is 8.83 Å². The zero-order valence-corrected chi connectivity index (χ0v) is 43.7. The predicted molar refractivity (Wildman–Crippen MR) is 308 cm³/mol. The molecule has 0 saturated heterocycles. The van der Waals surface area contributed by atoms with Gasteiger partial charge in [0.25, 0.3) is 0 Å². The van der Waals surface area contributed by atoms with Gasteiger partial charge in [0.05, 0.1) is 38.9 Å². The lowest BCUT2D eigenvalue weighted by Gasteiger charge is -2.30. The van der Waals surface area contributed by atoms with Gasteiger partial charge in [-0.2, -0.15) is 0 Å². The van der Waals surface area contributed by atoms with Gasteiger partial charge in [-0.15, -0.1) is 0 Å². The second kappa shape index (κ2) is 16.8. The minimum atomic E-state index is -1.57. The van der Waals surface area contributed by atoms with E-state index in [0.29, 0.717) is 0 Å². The van der Waals surface area contributed by atoms with Gasteiger partial charge in [-0.3, -0.25) is 0 Å². The van der Waals surface area contributed by atoms with Gasteiger partial charge in [-0.05, 0) is 94.0 Å². The summed E-state index contributed by atoms with van der Waals surface area (Å²) in [5.74, 6) is 0. The Morgan fingerprint density at radius 2 is 0.700 bits per heavy atom. The molecule has 4 nitrogen and oxygen atoms in total. The van der Waals surface area contributed by atoms with E-state index < -0.39 is 16.1 Å². The first-order chi connectivity index (χ1) is 33.9. The summed E-state index contributed by atoms with van der Waals surface area (Å²) in [4.78, 5) is 4.90. The van der Waals surface area contributed by atoms with Crippen molar-refractivity contribution in [3.63, 3.8) is 0 Å². The first kappa shape index (κ1) is 44.1.